The maximum absolute atomic E-state index is 13.9. The molecule has 0 atom stereocenters. The quantitative estimate of drug-likeness (QED) is 0.783. The number of rotatable bonds is 4. The van der Waals surface area contributed by atoms with Crippen molar-refractivity contribution in [3.63, 3.8) is 0 Å². The molecule has 28 heavy (non-hydrogen) atoms. The van der Waals surface area contributed by atoms with Crippen molar-refractivity contribution in [2.45, 2.75) is 13.0 Å². The molecular weight excluding hydrogens is 388 g/mol. The predicted molar refractivity (Wildman–Crippen MR) is 102 cm³/mol. The van der Waals surface area contributed by atoms with Gasteiger partial charge in [-0.05, 0) is 36.2 Å². The Balaban J connectivity index is 1.53. The monoisotopic (exact) mass is 407 g/mol. The van der Waals surface area contributed by atoms with Crippen molar-refractivity contribution < 1.29 is 22.0 Å². The van der Waals surface area contributed by atoms with E-state index in [2.05, 4.69) is 0 Å². The molecule has 9 heteroatoms. The molecule has 1 saturated heterocycles. The number of hydrogen-bond donors (Lipinski definition) is 0. The van der Waals surface area contributed by atoms with Crippen molar-refractivity contribution in [3.8, 4) is 0 Å². The minimum Gasteiger partial charge on any atom is -0.318 e. The van der Waals surface area contributed by atoms with Crippen LogP contribution in [0, 0.1) is 11.6 Å². The molecule has 2 aromatic carbocycles. The molecule has 0 aliphatic carbocycles. The highest BCUT2D eigenvalue weighted by atomic mass is 32.2. The Bertz CT molecular complexity index is 1060. The molecule has 2 aliphatic rings. The summed E-state index contributed by atoms with van der Waals surface area (Å²) < 4.78 is 52.0. The maximum Gasteiger partial charge on any atom is 0.324 e. The van der Waals surface area contributed by atoms with Crippen LogP contribution < -0.4 is 9.21 Å². The number of benzene rings is 2. The molecule has 2 amide bonds. The van der Waals surface area contributed by atoms with E-state index in [0.717, 1.165) is 11.6 Å². The molecule has 2 aliphatic heterocycles. The average molecular weight is 407 g/mol. The minimum atomic E-state index is -3.33. The van der Waals surface area contributed by atoms with Gasteiger partial charge in [-0.3, -0.25) is 9.21 Å². The van der Waals surface area contributed by atoms with Gasteiger partial charge in [-0.25, -0.2) is 22.0 Å². The highest BCUT2D eigenvalue weighted by Gasteiger charge is 2.32. The molecule has 0 radical (unpaired) electrons. The van der Waals surface area contributed by atoms with E-state index in [9.17, 15) is 22.0 Å². The summed E-state index contributed by atoms with van der Waals surface area (Å²) >= 11 is 0. The summed E-state index contributed by atoms with van der Waals surface area (Å²) in [5.41, 5.74) is 2.46. The van der Waals surface area contributed by atoms with Crippen LogP contribution in [0.3, 0.4) is 0 Å². The maximum atomic E-state index is 13.9. The summed E-state index contributed by atoms with van der Waals surface area (Å²) in [6.45, 7) is 1.31. The molecule has 2 aromatic rings. The first-order valence-corrected chi connectivity index (χ1v) is 10.7. The summed E-state index contributed by atoms with van der Waals surface area (Å²) in [6.07, 6.45) is 1.76. The minimum absolute atomic E-state index is 0.0637. The number of carbonyl (C=O) groups is 1. The highest BCUT2D eigenvalue weighted by Crippen LogP contribution is 2.34. The first-order valence-electron chi connectivity index (χ1n) is 8.85. The van der Waals surface area contributed by atoms with Crippen LogP contribution in [0.4, 0.5) is 25.0 Å². The SMILES string of the molecule is CS(=O)(=O)N1CCc2cc(N3CCN(Cc4ccc(F)cc4F)C3=O)ccc21. The van der Waals surface area contributed by atoms with E-state index in [1.165, 1.54) is 27.6 Å². The average Bonchev–Trinajstić information content (AvgIpc) is 3.20. The number of hydrogen-bond acceptors (Lipinski definition) is 3. The van der Waals surface area contributed by atoms with Gasteiger partial charge in [0.05, 0.1) is 18.5 Å². The lowest BCUT2D eigenvalue weighted by molar-refractivity contribution is 0.218. The molecule has 0 N–H and O–H groups in total. The summed E-state index contributed by atoms with van der Waals surface area (Å²) in [7, 11) is -3.33. The Morgan fingerprint density at radius 1 is 1.04 bits per heavy atom. The van der Waals surface area contributed by atoms with Gasteiger partial charge < -0.3 is 4.90 Å². The fraction of sp³-hybridized carbons (Fsp3) is 0.316. The van der Waals surface area contributed by atoms with Gasteiger partial charge in [0.25, 0.3) is 0 Å². The van der Waals surface area contributed by atoms with Crippen molar-refractivity contribution in [1.82, 2.24) is 4.90 Å². The zero-order chi connectivity index (χ0) is 20.1. The van der Waals surface area contributed by atoms with Crippen LogP contribution in [0.2, 0.25) is 0 Å². The van der Waals surface area contributed by atoms with Crippen LogP contribution in [0.25, 0.3) is 0 Å². The number of anilines is 2. The second-order valence-corrected chi connectivity index (χ2v) is 8.90. The zero-order valence-electron chi connectivity index (χ0n) is 15.2. The first kappa shape index (κ1) is 18.7. The van der Waals surface area contributed by atoms with Crippen molar-refractivity contribution in [3.05, 3.63) is 59.2 Å². The highest BCUT2D eigenvalue weighted by molar-refractivity contribution is 7.92. The standard InChI is InChI=1S/C19H19F2N3O3S/c1-28(26,27)24-7-6-13-10-16(4-5-18(13)24)23-9-8-22(19(23)25)12-14-2-3-15(20)11-17(14)21/h2-5,10-11H,6-9,12H2,1H3. The van der Waals surface area contributed by atoms with E-state index in [0.29, 0.717) is 37.4 Å². The first-order chi connectivity index (χ1) is 13.2. The lowest BCUT2D eigenvalue weighted by atomic mass is 10.1. The van der Waals surface area contributed by atoms with Crippen LogP contribution >= 0.6 is 0 Å². The van der Waals surface area contributed by atoms with Crippen molar-refractivity contribution in [2.75, 3.05) is 35.1 Å². The Labute approximate surface area is 162 Å². The number of sulfonamides is 1. The third-order valence-electron chi connectivity index (χ3n) is 5.10. The molecular formula is C19H19F2N3O3S. The number of amides is 2. The van der Waals surface area contributed by atoms with Gasteiger partial charge in [0, 0.05) is 37.0 Å². The molecule has 2 heterocycles. The summed E-state index contributed by atoms with van der Waals surface area (Å²) in [5.74, 6) is -1.33. The molecule has 148 valence electrons. The third kappa shape index (κ3) is 3.30. The Hall–Kier alpha value is -2.68. The normalized spacial score (nSPS) is 16.8. The van der Waals surface area contributed by atoms with E-state index >= 15 is 0 Å². The van der Waals surface area contributed by atoms with E-state index in [1.807, 2.05) is 6.07 Å². The van der Waals surface area contributed by atoms with Crippen molar-refractivity contribution in [2.24, 2.45) is 0 Å². The molecule has 0 spiro atoms. The summed E-state index contributed by atoms with van der Waals surface area (Å²) in [4.78, 5) is 15.9. The van der Waals surface area contributed by atoms with Gasteiger partial charge in [0.1, 0.15) is 11.6 Å². The van der Waals surface area contributed by atoms with Crippen LogP contribution in [0.15, 0.2) is 36.4 Å². The van der Waals surface area contributed by atoms with Gasteiger partial charge in [0.2, 0.25) is 10.0 Å². The van der Waals surface area contributed by atoms with Crippen LogP contribution in [-0.4, -0.2) is 45.2 Å². The fourth-order valence-electron chi connectivity index (χ4n) is 3.69. The topological polar surface area (TPSA) is 60.9 Å². The van der Waals surface area contributed by atoms with Gasteiger partial charge >= 0.3 is 6.03 Å². The second kappa shape index (κ2) is 6.73. The Morgan fingerprint density at radius 2 is 1.82 bits per heavy atom. The van der Waals surface area contributed by atoms with Crippen LogP contribution in [0.1, 0.15) is 11.1 Å². The van der Waals surface area contributed by atoms with Crippen molar-refractivity contribution >= 4 is 27.4 Å². The molecule has 4 rings (SSSR count). The molecule has 0 unspecified atom stereocenters. The van der Waals surface area contributed by atoms with E-state index in [4.69, 9.17) is 0 Å². The molecule has 6 nitrogen and oxygen atoms in total. The smallest absolute Gasteiger partial charge is 0.318 e. The summed E-state index contributed by atoms with van der Waals surface area (Å²) in [6, 6.07) is 8.33. The molecule has 1 fully saturated rings. The van der Waals surface area contributed by atoms with E-state index in [1.54, 1.807) is 17.0 Å². The third-order valence-corrected chi connectivity index (χ3v) is 6.28. The predicted octanol–water partition coefficient (Wildman–Crippen LogP) is 2.73. The zero-order valence-corrected chi connectivity index (χ0v) is 16.0. The summed E-state index contributed by atoms with van der Waals surface area (Å²) in [5, 5.41) is 0. The van der Waals surface area contributed by atoms with Gasteiger partial charge in [-0.2, -0.15) is 0 Å². The van der Waals surface area contributed by atoms with Gasteiger partial charge in [-0.1, -0.05) is 6.07 Å². The number of nitrogens with zero attached hydrogens (tertiary/aromatic N) is 3. The van der Waals surface area contributed by atoms with E-state index in [-0.39, 0.29) is 18.1 Å². The van der Waals surface area contributed by atoms with Gasteiger partial charge in [-0.15, -0.1) is 0 Å². The number of carbonyl (C=O) groups excluding carboxylic acids is 1. The molecule has 0 aromatic heterocycles. The lowest BCUT2D eigenvalue weighted by Gasteiger charge is -2.20. The van der Waals surface area contributed by atoms with Crippen LogP contribution in [0.5, 0.6) is 0 Å². The van der Waals surface area contributed by atoms with Crippen molar-refractivity contribution in [1.29, 1.82) is 0 Å². The largest absolute Gasteiger partial charge is 0.324 e. The number of urea groups is 1. The number of halogens is 2. The molecule has 0 saturated carbocycles. The fourth-order valence-corrected chi connectivity index (χ4v) is 4.65. The van der Waals surface area contributed by atoms with Gasteiger partial charge in [0.15, 0.2) is 0 Å². The lowest BCUT2D eigenvalue weighted by Crippen LogP contribution is -2.31. The van der Waals surface area contributed by atoms with Crippen LogP contribution in [-0.2, 0) is 23.0 Å². The number of fused-ring (bicyclic) bond motifs is 1. The second-order valence-electron chi connectivity index (χ2n) is 6.99. The Kier molecular flexibility index (Phi) is 4.49. The molecule has 0 bridgehead atoms. The Morgan fingerprint density at radius 3 is 2.54 bits per heavy atom. The van der Waals surface area contributed by atoms with E-state index < -0.39 is 21.7 Å².